The molecule has 2 aliphatic heterocycles. The van der Waals surface area contributed by atoms with Gasteiger partial charge in [0, 0.05) is 12.8 Å². The smallest absolute Gasteiger partial charge is 0.306 e. The maximum atomic E-state index is 13.0. The molecule has 2 aliphatic rings. The highest BCUT2D eigenvalue weighted by atomic mass is 16.7. The Morgan fingerprint density at radius 3 is 1.46 bits per heavy atom. The molecule has 68 heavy (non-hydrogen) atoms. The molecule has 0 aromatic carbocycles. The van der Waals surface area contributed by atoms with Crippen LogP contribution in [0.3, 0.4) is 0 Å². The third-order valence-electron chi connectivity index (χ3n) is 12.6. The third-order valence-corrected chi connectivity index (χ3v) is 12.6. The molecule has 0 saturated carbocycles. The minimum absolute atomic E-state index is 0.131. The van der Waals surface area contributed by atoms with Crippen LogP contribution in [0.1, 0.15) is 194 Å². The molecule has 0 aliphatic carbocycles. The highest BCUT2D eigenvalue weighted by molar-refractivity contribution is 5.70. The summed E-state index contributed by atoms with van der Waals surface area (Å²) in [5.74, 6) is -0.953. The Balaban J connectivity index is 1.78. The number of ether oxygens (including phenoxy) is 6. The second-order valence-corrected chi connectivity index (χ2v) is 18.7. The Morgan fingerprint density at radius 1 is 0.485 bits per heavy atom. The lowest BCUT2D eigenvalue weighted by Crippen LogP contribution is -2.61. The summed E-state index contributed by atoms with van der Waals surface area (Å²) in [6, 6.07) is 0. The Bertz CT molecular complexity index is 1330. The van der Waals surface area contributed by atoms with Crippen LogP contribution in [-0.2, 0) is 38.0 Å². The van der Waals surface area contributed by atoms with Gasteiger partial charge in [-0.15, -0.1) is 0 Å². The molecule has 396 valence electrons. The zero-order valence-electron chi connectivity index (χ0n) is 41.8. The first-order valence-corrected chi connectivity index (χ1v) is 26.6. The molecule has 15 heteroatoms. The minimum atomic E-state index is -1.77. The van der Waals surface area contributed by atoms with E-state index in [1.807, 2.05) is 0 Å². The summed E-state index contributed by atoms with van der Waals surface area (Å²) in [5, 5.41) is 72.1. The highest BCUT2D eigenvalue weighted by Crippen LogP contribution is 2.26. The van der Waals surface area contributed by atoms with Crippen molar-refractivity contribution >= 4 is 11.9 Å². The molecule has 0 aromatic rings. The lowest BCUT2D eigenvalue weighted by atomic mass is 9.98. The van der Waals surface area contributed by atoms with Crippen LogP contribution < -0.4 is 0 Å². The van der Waals surface area contributed by atoms with E-state index in [1.165, 1.54) is 96.3 Å². The van der Waals surface area contributed by atoms with Crippen molar-refractivity contribution in [2.45, 2.75) is 261 Å². The maximum Gasteiger partial charge on any atom is 0.306 e. The number of rotatable bonds is 41. The average Bonchev–Trinajstić information content (AvgIpc) is 3.33. The number of aliphatic hydroxyl groups is 7. The Labute approximate surface area is 408 Å². The number of esters is 2. The molecular weight excluding hydrogens is 877 g/mol. The standard InChI is InChI=1S/C53H94O15/c1-3-5-7-9-11-13-15-17-18-19-20-21-22-24-25-27-29-31-33-35-44(55)63-38-41(66-45(56)36-34-32-30-28-26-23-16-14-12-10-8-6-4-2)39-64-52-51(62)49(60)47(58)43(68-52)40-65-53-50(61)48(59)46(57)42(37-54)67-53/h6,8,12,14,23,26,41-43,46-54,57-62H,3-5,7,9-11,13,15-22,24-25,27-40H2,1-2H3/b8-6-,14-12-,26-23-. The summed E-state index contributed by atoms with van der Waals surface area (Å²) < 4.78 is 33.6. The van der Waals surface area contributed by atoms with E-state index in [-0.39, 0.29) is 19.4 Å². The van der Waals surface area contributed by atoms with Gasteiger partial charge in [-0.3, -0.25) is 9.59 Å². The number of carbonyl (C=O) groups is 2. The monoisotopic (exact) mass is 971 g/mol. The third kappa shape index (κ3) is 27.9. The van der Waals surface area contributed by atoms with Crippen molar-refractivity contribution in [2.24, 2.45) is 0 Å². The first kappa shape index (κ1) is 61.8. The van der Waals surface area contributed by atoms with E-state index < -0.39 is 99.3 Å². The number of allylic oxidation sites excluding steroid dienone is 6. The lowest BCUT2D eigenvalue weighted by molar-refractivity contribution is -0.332. The minimum Gasteiger partial charge on any atom is -0.462 e. The molecule has 2 heterocycles. The molecule has 2 rings (SSSR count). The van der Waals surface area contributed by atoms with Gasteiger partial charge in [0.25, 0.3) is 0 Å². The van der Waals surface area contributed by atoms with E-state index in [0.29, 0.717) is 12.8 Å². The van der Waals surface area contributed by atoms with Crippen molar-refractivity contribution in [3.05, 3.63) is 36.5 Å². The zero-order chi connectivity index (χ0) is 49.6. The van der Waals surface area contributed by atoms with Crippen LogP contribution in [0.2, 0.25) is 0 Å². The molecule has 0 radical (unpaired) electrons. The van der Waals surface area contributed by atoms with E-state index in [1.54, 1.807) is 0 Å². The van der Waals surface area contributed by atoms with Crippen LogP contribution in [0.25, 0.3) is 0 Å². The van der Waals surface area contributed by atoms with Crippen molar-refractivity contribution in [3.8, 4) is 0 Å². The molecule has 7 N–H and O–H groups in total. The topological polar surface area (TPSA) is 231 Å². The van der Waals surface area contributed by atoms with E-state index >= 15 is 0 Å². The predicted molar refractivity (Wildman–Crippen MR) is 261 cm³/mol. The average molecular weight is 971 g/mol. The maximum absolute atomic E-state index is 13.0. The Morgan fingerprint density at radius 2 is 0.926 bits per heavy atom. The van der Waals surface area contributed by atoms with Gasteiger partial charge in [0.1, 0.15) is 55.4 Å². The molecule has 11 atom stereocenters. The van der Waals surface area contributed by atoms with Crippen LogP contribution in [0.4, 0.5) is 0 Å². The van der Waals surface area contributed by atoms with Gasteiger partial charge in [0.05, 0.1) is 19.8 Å². The summed E-state index contributed by atoms with van der Waals surface area (Å²) in [6.45, 7) is 2.46. The van der Waals surface area contributed by atoms with Gasteiger partial charge in [-0.05, 0) is 44.9 Å². The molecule has 15 nitrogen and oxygen atoms in total. The van der Waals surface area contributed by atoms with Crippen molar-refractivity contribution in [1.29, 1.82) is 0 Å². The number of unbranched alkanes of at least 4 members (excludes halogenated alkanes) is 21. The first-order chi connectivity index (χ1) is 33.0. The highest BCUT2D eigenvalue weighted by Gasteiger charge is 2.47. The summed E-state index contributed by atoms with van der Waals surface area (Å²) in [5.41, 5.74) is 0. The molecule has 0 amide bonds. The Kier molecular flexibility index (Phi) is 36.7. The molecule has 2 saturated heterocycles. The van der Waals surface area contributed by atoms with Crippen molar-refractivity contribution < 1.29 is 73.8 Å². The van der Waals surface area contributed by atoms with E-state index in [4.69, 9.17) is 28.4 Å². The van der Waals surface area contributed by atoms with Crippen molar-refractivity contribution in [1.82, 2.24) is 0 Å². The molecule has 11 unspecified atom stereocenters. The predicted octanol–water partition coefficient (Wildman–Crippen LogP) is 7.71. The zero-order valence-corrected chi connectivity index (χ0v) is 41.8. The fraction of sp³-hybridized carbons (Fsp3) is 0.849. The molecule has 2 fully saturated rings. The lowest BCUT2D eigenvalue weighted by Gasteiger charge is -2.42. The van der Waals surface area contributed by atoms with E-state index in [2.05, 4.69) is 50.3 Å². The number of aliphatic hydroxyl groups excluding tert-OH is 7. The number of hydrogen-bond acceptors (Lipinski definition) is 15. The van der Waals surface area contributed by atoms with Gasteiger partial charge in [-0.25, -0.2) is 0 Å². The van der Waals surface area contributed by atoms with Crippen LogP contribution in [-0.4, -0.2) is 142 Å². The summed E-state index contributed by atoms with van der Waals surface area (Å²) >= 11 is 0. The molecule has 0 bridgehead atoms. The quantitative estimate of drug-likeness (QED) is 0.0177. The summed E-state index contributed by atoms with van der Waals surface area (Å²) in [7, 11) is 0. The molecule has 0 spiro atoms. The number of carbonyl (C=O) groups excluding carboxylic acids is 2. The fourth-order valence-corrected chi connectivity index (χ4v) is 8.29. The molecular formula is C53H94O15. The Hall–Kier alpha value is -2.28. The fourth-order valence-electron chi connectivity index (χ4n) is 8.29. The van der Waals surface area contributed by atoms with Crippen LogP contribution in [0.15, 0.2) is 36.5 Å². The van der Waals surface area contributed by atoms with Crippen molar-refractivity contribution in [3.63, 3.8) is 0 Å². The second-order valence-electron chi connectivity index (χ2n) is 18.7. The van der Waals surface area contributed by atoms with Gasteiger partial charge in [0.15, 0.2) is 18.7 Å². The largest absolute Gasteiger partial charge is 0.462 e. The normalized spacial score (nSPS) is 26.0. The second kappa shape index (κ2) is 40.3. The van der Waals surface area contributed by atoms with Crippen LogP contribution in [0.5, 0.6) is 0 Å². The van der Waals surface area contributed by atoms with E-state index in [9.17, 15) is 45.3 Å². The molecule has 0 aromatic heterocycles. The van der Waals surface area contributed by atoms with Gasteiger partial charge < -0.3 is 64.2 Å². The van der Waals surface area contributed by atoms with Crippen LogP contribution >= 0.6 is 0 Å². The van der Waals surface area contributed by atoms with Crippen LogP contribution in [0, 0.1) is 0 Å². The summed E-state index contributed by atoms with van der Waals surface area (Å²) in [4.78, 5) is 25.8. The van der Waals surface area contributed by atoms with Gasteiger partial charge in [-0.2, -0.15) is 0 Å². The number of hydrogen-bond donors (Lipinski definition) is 7. The van der Waals surface area contributed by atoms with Gasteiger partial charge >= 0.3 is 11.9 Å². The first-order valence-electron chi connectivity index (χ1n) is 26.6. The van der Waals surface area contributed by atoms with Gasteiger partial charge in [-0.1, -0.05) is 172 Å². The SMILES string of the molecule is CC/C=C\C/C=C\C/C=C\CCCCCC(=O)OC(COC(=O)CCCCCCCCCCCCCCCCCCCCC)COC1OC(COC2OC(CO)C(O)C(O)C2O)C(O)C(O)C1O. The van der Waals surface area contributed by atoms with Crippen molar-refractivity contribution in [2.75, 3.05) is 26.4 Å². The van der Waals surface area contributed by atoms with E-state index in [0.717, 1.165) is 57.8 Å². The van der Waals surface area contributed by atoms with Gasteiger partial charge in [0.2, 0.25) is 0 Å². The summed E-state index contributed by atoms with van der Waals surface area (Å²) in [6.07, 6.45) is 26.1.